The first-order chi connectivity index (χ1) is 11.3. The van der Waals surface area contributed by atoms with Gasteiger partial charge in [-0.05, 0) is 37.5 Å². The number of sulfonamides is 1. The van der Waals surface area contributed by atoms with Crippen molar-refractivity contribution in [2.24, 2.45) is 5.92 Å². The summed E-state index contributed by atoms with van der Waals surface area (Å²) >= 11 is 0. The average molecular weight is 350 g/mol. The first-order valence-corrected chi connectivity index (χ1v) is 9.94. The molecule has 2 aliphatic rings. The fourth-order valence-electron chi connectivity index (χ4n) is 3.55. The number of carbonyl (C=O) groups excluding carboxylic acids is 2. The molecule has 6 nitrogen and oxygen atoms in total. The molecule has 1 aromatic carbocycles. The van der Waals surface area contributed by atoms with Crippen LogP contribution in [0.4, 0.5) is 5.69 Å². The van der Waals surface area contributed by atoms with E-state index in [1.807, 2.05) is 4.90 Å². The van der Waals surface area contributed by atoms with Crippen LogP contribution in [-0.4, -0.2) is 43.5 Å². The first-order valence-electron chi connectivity index (χ1n) is 8.33. The van der Waals surface area contributed by atoms with Gasteiger partial charge in [-0.15, -0.1) is 0 Å². The Bertz CT molecular complexity index is 775. The van der Waals surface area contributed by atoms with Crippen LogP contribution in [0.1, 0.15) is 43.5 Å². The smallest absolute Gasteiger partial charge is 0.254 e. The standard InChI is InChI=1S/C17H22N2O4S/c1-3-14-8-5-9-18(14)17(21)13-6-4-7-15(10-13)19-16(20)12(2)11-24(19,22)23/h4,6-7,10,12,14H,3,5,8-9,11H2,1-2H3. The van der Waals surface area contributed by atoms with Crippen molar-refractivity contribution in [3.05, 3.63) is 29.8 Å². The van der Waals surface area contributed by atoms with Crippen molar-refractivity contribution in [2.45, 2.75) is 39.2 Å². The molecule has 0 aliphatic carbocycles. The van der Waals surface area contributed by atoms with E-state index in [1.54, 1.807) is 25.1 Å². The zero-order valence-electron chi connectivity index (χ0n) is 13.9. The van der Waals surface area contributed by atoms with Crippen LogP contribution in [0.2, 0.25) is 0 Å². The lowest BCUT2D eigenvalue weighted by atomic mass is 10.1. The largest absolute Gasteiger partial charge is 0.336 e. The lowest BCUT2D eigenvalue weighted by Gasteiger charge is -2.24. The van der Waals surface area contributed by atoms with Gasteiger partial charge in [0, 0.05) is 18.2 Å². The van der Waals surface area contributed by atoms with Crippen LogP contribution in [0.5, 0.6) is 0 Å². The lowest BCUT2D eigenvalue weighted by molar-refractivity contribution is -0.119. The Hall–Kier alpha value is -1.89. The predicted molar refractivity (Wildman–Crippen MR) is 91.2 cm³/mol. The normalized spacial score (nSPS) is 26.2. The summed E-state index contributed by atoms with van der Waals surface area (Å²) in [6.07, 6.45) is 2.89. The van der Waals surface area contributed by atoms with E-state index in [0.717, 1.165) is 30.1 Å². The maximum atomic E-state index is 12.8. The highest BCUT2D eigenvalue weighted by Crippen LogP contribution is 2.30. The first kappa shape index (κ1) is 17.0. The van der Waals surface area contributed by atoms with Gasteiger partial charge in [0.2, 0.25) is 15.9 Å². The molecule has 0 spiro atoms. The molecule has 7 heteroatoms. The van der Waals surface area contributed by atoms with Crippen LogP contribution in [0, 0.1) is 5.92 Å². The molecule has 2 heterocycles. The molecule has 1 aromatic rings. The number of amides is 2. The van der Waals surface area contributed by atoms with Gasteiger partial charge in [0.25, 0.3) is 5.91 Å². The van der Waals surface area contributed by atoms with E-state index in [0.29, 0.717) is 5.56 Å². The maximum Gasteiger partial charge on any atom is 0.254 e. The summed E-state index contributed by atoms with van der Waals surface area (Å²) in [5.74, 6) is -1.28. The van der Waals surface area contributed by atoms with Gasteiger partial charge in [0.15, 0.2) is 0 Å². The molecule has 130 valence electrons. The van der Waals surface area contributed by atoms with Crippen molar-refractivity contribution < 1.29 is 18.0 Å². The third-order valence-electron chi connectivity index (χ3n) is 4.80. The molecule has 2 saturated heterocycles. The second kappa shape index (κ2) is 6.20. The molecular weight excluding hydrogens is 328 g/mol. The van der Waals surface area contributed by atoms with Gasteiger partial charge in [-0.25, -0.2) is 12.7 Å². The van der Waals surface area contributed by atoms with Crippen LogP contribution in [0.25, 0.3) is 0 Å². The SMILES string of the molecule is CCC1CCCN1C(=O)c1cccc(N2C(=O)C(C)CS2(=O)=O)c1. The number of hydrogen-bond donors (Lipinski definition) is 0. The van der Waals surface area contributed by atoms with Gasteiger partial charge in [-0.2, -0.15) is 0 Å². The minimum atomic E-state index is -3.66. The molecule has 24 heavy (non-hydrogen) atoms. The van der Waals surface area contributed by atoms with Gasteiger partial charge >= 0.3 is 0 Å². The minimum Gasteiger partial charge on any atom is -0.336 e. The molecule has 0 radical (unpaired) electrons. The molecule has 0 saturated carbocycles. The van der Waals surface area contributed by atoms with E-state index in [9.17, 15) is 18.0 Å². The molecule has 0 bridgehead atoms. The molecule has 2 unspecified atom stereocenters. The summed E-state index contributed by atoms with van der Waals surface area (Å²) in [6, 6.07) is 6.61. The van der Waals surface area contributed by atoms with E-state index >= 15 is 0 Å². The highest BCUT2D eigenvalue weighted by molar-refractivity contribution is 7.94. The second-order valence-electron chi connectivity index (χ2n) is 6.54. The molecular formula is C17H22N2O4S. The lowest BCUT2D eigenvalue weighted by Crippen LogP contribution is -2.35. The van der Waals surface area contributed by atoms with Crippen LogP contribution >= 0.6 is 0 Å². The van der Waals surface area contributed by atoms with E-state index in [1.165, 1.54) is 6.07 Å². The highest BCUT2D eigenvalue weighted by Gasteiger charge is 2.42. The number of carbonyl (C=O) groups is 2. The molecule has 0 aromatic heterocycles. The summed E-state index contributed by atoms with van der Waals surface area (Å²) in [5, 5.41) is 0. The molecule has 2 amide bonds. The Labute approximate surface area is 142 Å². The minimum absolute atomic E-state index is 0.0988. The number of benzene rings is 1. The summed E-state index contributed by atoms with van der Waals surface area (Å²) in [5.41, 5.74) is 0.679. The summed E-state index contributed by atoms with van der Waals surface area (Å²) in [4.78, 5) is 26.8. The Morgan fingerprint density at radius 1 is 1.33 bits per heavy atom. The Balaban J connectivity index is 1.93. The average Bonchev–Trinajstić information content (AvgIpc) is 3.09. The van der Waals surface area contributed by atoms with Gasteiger partial charge < -0.3 is 4.90 Å². The van der Waals surface area contributed by atoms with Gasteiger partial charge in [-0.1, -0.05) is 19.9 Å². The van der Waals surface area contributed by atoms with Crippen LogP contribution < -0.4 is 4.31 Å². The summed E-state index contributed by atoms with van der Waals surface area (Å²) in [6.45, 7) is 4.38. The maximum absolute atomic E-state index is 12.8. The number of likely N-dealkylation sites (tertiary alicyclic amines) is 1. The molecule has 2 atom stereocenters. The number of nitrogens with zero attached hydrogens (tertiary/aromatic N) is 2. The highest BCUT2D eigenvalue weighted by atomic mass is 32.2. The molecule has 2 fully saturated rings. The third-order valence-corrected chi connectivity index (χ3v) is 6.67. The van der Waals surface area contributed by atoms with E-state index in [4.69, 9.17) is 0 Å². The summed E-state index contributed by atoms with van der Waals surface area (Å²) < 4.78 is 25.3. The number of rotatable bonds is 3. The Morgan fingerprint density at radius 2 is 2.08 bits per heavy atom. The monoisotopic (exact) mass is 350 g/mol. The van der Waals surface area contributed by atoms with Crippen molar-refractivity contribution in [3.63, 3.8) is 0 Å². The fourth-order valence-corrected chi connectivity index (χ4v) is 5.36. The Kier molecular flexibility index (Phi) is 4.38. The topological polar surface area (TPSA) is 74.8 Å². The summed E-state index contributed by atoms with van der Waals surface area (Å²) in [7, 11) is -3.66. The van der Waals surface area contributed by atoms with Crippen molar-refractivity contribution in [2.75, 3.05) is 16.6 Å². The van der Waals surface area contributed by atoms with Gasteiger partial charge in [0.1, 0.15) is 0 Å². The zero-order chi connectivity index (χ0) is 17.5. The second-order valence-corrected chi connectivity index (χ2v) is 8.40. The fraction of sp³-hybridized carbons (Fsp3) is 0.529. The number of anilines is 1. The van der Waals surface area contributed by atoms with E-state index in [2.05, 4.69) is 6.92 Å². The predicted octanol–water partition coefficient (Wildman–Crippen LogP) is 2.01. The van der Waals surface area contributed by atoms with Crippen molar-refractivity contribution >= 4 is 27.5 Å². The van der Waals surface area contributed by atoms with Gasteiger partial charge in [0.05, 0.1) is 17.4 Å². The van der Waals surface area contributed by atoms with E-state index < -0.39 is 21.8 Å². The van der Waals surface area contributed by atoms with Crippen molar-refractivity contribution in [1.82, 2.24) is 4.90 Å². The van der Waals surface area contributed by atoms with E-state index in [-0.39, 0.29) is 23.4 Å². The van der Waals surface area contributed by atoms with Gasteiger partial charge in [-0.3, -0.25) is 9.59 Å². The van der Waals surface area contributed by atoms with Crippen LogP contribution in [0.3, 0.4) is 0 Å². The van der Waals surface area contributed by atoms with Crippen molar-refractivity contribution in [1.29, 1.82) is 0 Å². The van der Waals surface area contributed by atoms with Crippen LogP contribution in [0.15, 0.2) is 24.3 Å². The third kappa shape index (κ3) is 2.81. The molecule has 2 aliphatic heterocycles. The quantitative estimate of drug-likeness (QED) is 0.836. The van der Waals surface area contributed by atoms with Crippen LogP contribution in [-0.2, 0) is 14.8 Å². The van der Waals surface area contributed by atoms with Crippen molar-refractivity contribution in [3.8, 4) is 0 Å². The molecule has 0 N–H and O–H groups in total. The molecule has 3 rings (SSSR count). The zero-order valence-corrected chi connectivity index (χ0v) is 14.8. The Morgan fingerprint density at radius 3 is 2.71 bits per heavy atom. The number of hydrogen-bond acceptors (Lipinski definition) is 4.